The van der Waals surface area contributed by atoms with E-state index in [1.54, 1.807) is 14.0 Å². The third-order valence-electron chi connectivity index (χ3n) is 1.75. The monoisotopic (exact) mass is 204 g/mol. The van der Waals surface area contributed by atoms with E-state index in [1.807, 2.05) is 0 Å². The van der Waals surface area contributed by atoms with Gasteiger partial charge in [-0.15, -0.1) is 0 Å². The molecule has 7 heteroatoms. The Kier molecular flexibility index (Phi) is 2.31. The van der Waals surface area contributed by atoms with Gasteiger partial charge in [-0.25, -0.2) is 13.1 Å². The molecule has 0 fully saturated rings. The van der Waals surface area contributed by atoms with Crippen LogP contribution in [0.15, 0.2) is 4.90 Å². The Morgan fingerprint density at radius 1 is 1.54 bits per heavy atom. The number of aryl methyl sites for hydroxylation is 2. The summed E-state index contributed by atoms with van der Waals surface area (Å²) in [6, 6.07) is 0. The molecule has 0 bridgehead atoms. The first-order chi connectivity index (χ1) is 5.90. The van der Waals surface area contributed by atoms with Crippen LogP contribution in [0.4, 0.5) is 5.82 Å². The van der Waals surface area contributed by atoms with Crippen molar-refractivity contribution in [2.45, 2.75) is 11.8 Å². The molecule has 1 rings (SSSR count). The summed E-state index contributed by atoms with van der Waals surface area (Å²) in [4.78, 5) is 0.0532. The summed E-state index contributed by atoms with van der Waals surface area (Å²) in [5.41, 5.74) is 5.94. The average Bonchev–Trinajstić information content (AvgIpc) is 2.27. The van der Waals surface area contributed by atoms with Crippen molar-refractivity contribution < 1.29 is 8.42 Å². The molecule has 3 N–H and O–H groups in total. The lowest BCUT2D eigenvalue weighted by molar-refractivity contribution is 0.588. The van der Waals surface area contributed by atoms with Gasteiger partial charge in [0.05, 0.1) is 5.69 Å². The van der Waals surface area contributed by atoms with Gasteiger partial charge in [0, 0.05) is 7.05 Å². The summed E-state index contributed by atoms with van der Waals surface area (Å²) >= 11 is 0. The maximum absolute atomic E-state index is 11.4. The maximum Gasteiger partial charge on any atom is 0.245 e. The number of nitrogens with one attached hydrogen (secondary N) is 1. The Hall–Kier alpha value is -1.08. The van der Waals surface area contributed by atoms with E-state index in [-0.39, 0.29) is 10.7 Å². The number of hydrogen-bond acceptors (Lipinski definition) is 4. The zero-order valence-corrected chi connectivity index (χ0v) is 8.51. The quantitative estimate of drug-likeness (QED) is 0.661. The Labute approximate surface area is 76.8 Å². The van der Waals surface area contributed by atoms with Gasteiger partial charge < -0.3 is 5.73 Å². The zero-order valence-electron chi connectivity index (χ0n) is 7.70. The van der Waals surface area contributed by atoms with Crippen LogP contribution in [0.25, 0.3) is 0 Å². The first-order valence-electron chi connectivity index (χ1n) is 3.62. The molecule has 0 amide bonds. The number of nitrogen functional groups attached to an aromatic ring is 1. The largest absolute Gasteiger partial charge is 0.383 e. The highest BCUT2D eigenvalue weighted by Gasteiger charge is 2.22. The molecule has 0 saturated heterocycles. The van der Waals surface area contributed by atoms with E-state index in [1.165, 1.54) is 11.7 Å². The minimum atomic E-state index is -3.50. The molecule has 1 heterocycles. The van der Waals surface area contributed by atoms with Crippen LogP contribution < -0.4 is 10.5 Å². The number of sulfonamides is 1. The molecule has 0 radical (unpaired) electrons. The van der Waals surface area contributed by atoms with Crippen molar-refractivity contribution in [3.63, 3.8) is 0 Å². The molecule has 0 spiro atoms. The van der Waals surface area contributed by atoms with Crippen molar-refractivity contribution in [1.82, 2.24) is 14.5 Å². The second kappa shape index (κ2) is 3.00. The average molecular weight is 204 g/mol. The van der Waals surface area contributed by atoms with Crippen LogP contribution in [0.2, 0.25) is 0 Å². The predicted molar refractivity (Wildman–Crippen MR) is 48.6 cm³/mol. The van der Waals surface area contributed by atoms with Gasteiger partial charge in [-0.05, 0) is 14.0 Å². The molecule has 0 aliphatic carbocycles. The molecule has 1 aromatic rings. The standard InChI is InChI=1S/C6H12N4O2S/c1-4-5(13(11,12)8-2)6(7)10(3)9-4/h8H,7H2,1-3H3. The Balaban J connectivity index is 3.47. The fourth-order valence-electron chi connectivity index (χ4n) is 1.09. The van der Waals surface area contributed by atoms with E-state index in [0.717, 1.165) is 0 Å². The lowest BCUT2D eigenvalue weighted by atomic mass is 10.5. The summed E-state index contributed by atoms with van der Waals surface area (Å²) < 4.78 is 26.3. The molecule has 0 atom stereocenters. The normalized spacial score (nSPS) is 11.9. The number of rotatable bonds is 2. The topological polar surface area (TPSA) is 90.0 Å². The molecule has 0 aliphatic heterocycles. The number of nitrogens with two attached hydrogens (primary N) is 1. The third-order valence-corrected chi connectivity index (χ3v) is 3.33. The second-order valence-corrected chi connectivity index (χ2v) is 4.45. The number of hydrogen-bond donors (Lipinski definition) is 2. The van der Waals surface area contributed by atoms with Gasteiger partial charge in [0.15, 0.2) is 0 Å². The smallest absolute Gasteiger partial charge is 0.245 e. The molecule has 6 nitrogen and oxygen atoms in total. The number of nitrogens with zero attached hydrogens (tertiary/aromatic N) is 2. The molecular weight excluding hydrogens is 192 g/mol. The summed E-state index contributed by atoms with van der Waals surface area (Å²) in [6.07, 6.45) is 0. The van der Waals surface area contributed by atoms with Crippen molar-refractivity contribution in [2.24, 2.45) is 7.05 Å². The third kappa shape index (κ3) is 1.52. The van der Waals surface area contributed by atoms with Gasteiger partial charge in [-0.3, -0.25) is 4.68 Å². The highest BCUT2D eigenvalue weighted by Crippen LogP contribution is 2.20. The molecule has 0 unspecified atom stereocenters. The SMILES string of the molecule is CNS(=O)(=O)c1c(C)nn(C)c1N. The van der Waals surface area contributed by atoms with Crippen LogP contribution in [0.5, 0.6) is 0 Å². The number of aromatic nitrogens is 2. The fraction of sp³-hybridized carbons (Fsp3) is 0.500. The predicted octanol–water partition coefficient (Wildman–Crippen LogP) is -0.781. The molecule has 1 aromatic heterocycles. The van der Waals surface area contributed by atoms with E-state index in [2.05, 4.69) is 9.82 Å². The minimum absolute atomic E-state index is 0.0532. The summed E-state index contributed by atoms with van der Waals surface area (Å²) in [7, 11) is -0.568. The first kappa shape index (κ1) is 10.0. The van der Waals surface area contributed by atoms with Crippen LogP contribution in [0, 0.1) is 6.92 Å². The summed E-state index contributed by atoms with van der Waals surface area (Å²) in [5.74, 6) is 0.145. The van der Waals surface area contributed by atoms with Crippen LogP contribution in [0.3, 0.4) is 0 Å². The maximum atomic E-state index is 11.4. The molecule has 74 valence electrons. The minimum Gasteiger partial charge on any atom is -0.383 e. The Morgan fingerprint density at radius 2 is 2.08 bits per heavy atom. The van der Waals surface area contributed by atoms with Gasteiger partial charge in [0.2, 0.25) is 10.0 Å². The lowest BCUT2D eigenvalue weighted by Gasteiger charge is -2.01. The highest BCUT2D eigenvalue weighted by atomic mass is 32.2. The fourth-order valence-corrected chi connectivity index (χ4v) is 2.13. The molecule has 13 heavy (non-hydrogen) atoms. The van der Waals surface area contributed by atoms with Gasteiger partial charge in [-0.1, -0.05) is 0 Å². The zero-order chi connectivity index (χ0) is 10.2. The van der Waals surface area contributed by atoms with Gasteiger partial charge in [0.25, 0.3) is 0 Å². The van der Waals surface area contributed by atoms with Gasteiger partial charge in [0.1, 0.15) is 10.7 Å². The van der Waals surface area contributed by atoms with Gasteiger partial charge in [-0.2, -0.15) is 5.10 Å². The summed E-state index contributed by atoms with van der Waals surface area (Å²) in [5, 5.41) is 3.90. The van der Waals surface area contributed by atoms with Crippen LogP contribution in [0.1, 0.15) is 5.69 Å². The molecule has 0 aromatic carbocycles. The van der Waals surface area contributed by atoms with Crippen molar-refractivity contribution in [1.29, 1.82) is 0 Å². The van der Waals surface area contributed by atoms with Crippen molar-refractivity contribution in [3.05, 3.63) is 5.69 Å². The van der Waals surface area contributed by atoms with Crippen LogP contribution >= 0.6 is 0 Å². The first-order valence-corrected chi connectivity index (χ1v) is 5.11. The molecule has 0 aliphatic rings. The lowest BCUT2D eigenvalue weighted by Crippen LogP contribution is -2.20. The van der Waals surface area contributed by atoms with E-state index in [4.69, 9.17) is 5.73 Å². The van der Waals surface area contributed by atoms with E-state index in [0.29, 0.717) is 5.69 Å². The highest BCUT2D eigenvalue weighted by molar-refractivity contribution is 7.89. The van der Waals surface area contributed by atoms with Crippen molar-refractivity contribution in [2.75, 3.05) is 12.8 Å². The van der Waals surface area contributed by atoms with Crippen LogP contribution in [-0.4, -0.2) is 25.2 Å². The Bertz CT molecular complexity index is 420. The van der Waals surface area contributed by atoms with Crippen LogP contribution in [-0.2, 0) is 17.1 Å². The molecular formula is C6H12N4O2S. The van der Waals surface area contributed by atoms with E-state index in [9.17, 15) is 8.42 Å². The summed E-state index contributed by atoms with van der Waals surface area (Å²) in [6.45, 7) is 1.60. The van der Waals surface area contributed by atoms with E-state index < -0.39 is 10.0 Å². The second-order valence-electron chi connectivity index (χ2n) is 2.63. The Morgan fingerprint density at radius 3 is 2.38 bits per heavy atom. The van der Waals surface area contributed by atoms with Crippen molar-refractivity contribution in [3.8, 4) is 0 Å². The molecule has 0 saturated carbocycles. The van der Waals surface area contributed by atoms with E-state index >= 15 is 0 Å². The number of anilines is 1. The van der Waals surface area contributed by atoms with Crippen molar-refractivity contribution >= 4 is 15.8 Å². The van der Waals surface area contributed by atoms with Gasteiger partial charge >= 0.3 is 0 Å².